The summed E-state index contributed by atoms with van der Waals surface area (Å²) in [6, 6.07) is 22.4. The molecule has 5 rings (SSSR count). The van der Waals surface area contributed by atoms with Crippen molar-refractivity contribution < 1.29 is 9.53 Å². The Morgan fingerprint density at radius 3 is 2.56 bits per heavy atom. The van der Waals surface area contributed by atoms with Gasteiger partial charge in [-0.05, 0) is 47.9 Å². The number of benzene rings is 3. The number of nitrogens with one attached hydrogen (secondary N) is 2. The normalized spacial score (nSPS) is 14.7. The van der Waals surface area contributed by atoms with E-state index >= 15 is 0 Å². The second-order valence-corrected chi connectivity index (χ2v) is 9.18. The van der Waals surface area contributed by atoms with Crippen molar-refractivity contribution in [1.29, 1.82) is 0 Å². The summed E-state index contributed by atoms with van der Waals surface area (Å²) >= 11 is 12.1. The molecule has 9 heteroatoms. The lowest BCUT2D eigenvalue weighted by molar-refractivity contribution is -0.118. The quantitative estimate of drug-likeness (QED) is 0.324. The third-order valence-corrected chi connectivity index (χ3v) is 6.66. The molecule has 0 aliphatic carbocycles. The van der Waals surface area contributed by atoms with E-state index in [0.29, 0.717) is 40.5 Å². The van der Waals surface area contributed by atoms with E-state index in [1.807, 2.05) is 67.6 Å². The van der Waals surface area contributed by atoms with Crippen LogP contribution in [0.4, 0.5) is 5.95 Å². The molecule has 0 saturated carbocycles. The first kappa shape index (κ1) is 23.9. The second-order valence-electron chi connectivity index (χ2n) is 8.37. The highest BCUT2D eigenvalue weighted by molar-refractivity contribution is 6.42. The zero-order valence-corrected chi connectivity index (χ0v) is 20.9. The monoisotopic (exact) mass is 519 g/mol. The standard InChI is InChI=1S/C27H23Cl2N5O2/c1-17-24(26(35)30-14-18-5-3-2-4-6-18)25(34-27(33-17)31-16-32-34)20-8-10-21(11-9-20)36-15-19-7-12-22(28)23(29)13-19/h2-13,16,25H,14-15H2,1H3,(H,30,35)(H,31,32,33). The van der Waals surface area contributed by atoms with Crippen molar-refractivity contribution in [1.82, 2.24) is 20.1 Å². The van der Waals surface area contributed by atoms with Gasteiger partial charge >= 0.3 is 0 Å². The van der Waals surface area contributed by atoms with Crippen molar-refractivity contribution in [3.05, 3.63) is 117 Å². The van der Waals surface area contributed by atoms with Gasteiger partial charge in [0.25, 0.3) is 5.91 Å². The molecule has 2 heterocycles. The Hall–Kier alpha value is -3.81. The molecule has 0 fully saturated rings. The van der Waals surface area contributed by atoms with Crippen molar-refractivity contribution in [2.24, 2.45) is 0 Å². The number of allylic oxidation sites excluding steroid dienone is 1. The number of amides is 1. The summed E-state index contributed by atoms with van der Waals surface area (Å²) in [5, 5.41) is 11.6. The largest absolute Gasteiger partial charge is 0.489 e. The first-order valence-electron chi connectivity index (χ1n) is 11.4. The van der Waals surface area contributed by atoms with Gasteiger partial charge in [-0.3, -0.25) is 4.79 Å². The molecule has 2 N–H and O–H groups in total. The molecule has 1 aliphatic rings. The van der Waals surface area contributed by atoms with Crippen LogP contribution in [0.2, 0.25) is 10.0 Å². The number of nitrogens with zero attached hydrogens (tertiary/aromatic N) is 3. The molecule has 1 aliphatic heterocycles. The molecule has 1 atom stereocenters. The topological polar surface area (TPSA) is 81.1 Å². The van der Waals surface area contributed by atoms with Crippen LogP contribution in [0.15, 0.2) is 90.4 Å². The fourth-order valence-electron chi connectivity index (χ4n) is 4.11. The zero-order valence-electron chi connectivity index (χ0n) is 19.4. The number of hydrogen-bond acceptors (Lipinski definition) is 5. The molecule has 1 aromatic heterocycles. The van der Waals surface area contributed by atoms with Crippen LogP contribution in [0.3, 0.4) is 0 Å². The van der Waals surface area contributed by atoms with E-state index in [0.717, 1.165) is 22.4 Å². The van der Waals surface area contributed by atoms with Crippen LogP contribution in [0.25, 0.3) is 0 Å². The molecule has 0 bridgehead atoms. The molecule has 1 amide bonds. The number of carbonyl (C=O) groups excluding carboxylic acids is 1. The fraction of sp³-hybridized carbons (Fsp3) is 0.148. The number of aromatic nitrogens is 3. The van der Waals surface area contributed by atoms with Crippen LogP contribution in [0.5, 0.6) is 5.75 Å². The Balaban J connectivity index is 1.36. The van der Waals surface area contributed by atoms with E-state index in [9.17, 15) is 4.79 Å². The first-order valence-corrected chi connectivity index (χ1v) is 12.1. The van der Waals surface area contributed by atoms with Gasteiger partial charge in [-0.25, -0.2) is 4.68 Å². The SMILES string of the molecule is CC1=C(C(=O)NCc2ccccc2)C(c2ccc(OCc3ccc(Cl)c(Cl)c3)cc2)n2ncnc2N1. The first-order chi connectivity index (χ1) is 17.5. The smallest absolute Gasteiger partial charge is 0.251 e. The summed E-state index contributed by atoms with van der Waals surface area (Å²) in [5.74, 6) is 1.10. The number of ether oxygens (including phenoxy) is 1. The van der Waals surface area contributed by atoms with Crippen LogP contribution in [-0.2, 0) is 17.9 Å². The van der Waals surface area contributed by atoms with Gasteiger partial charge in [0.05, 0.1) is 15.6 Å². The van der Waals surface area contributed by atoms with Crippen molar-refractivity contribution >= 4 is 35.1 Å². The molecule has 4 aromatic rings. The van der Waals surface area contributed by atoms with Crippen LogP contribution in [0, 0.1) is 0 Å². The third-order valence-electron chi connectivity index (χ3n) is 5.92. The van der Waals surface area contributed by atoms with Crippen LogP contribution >= 0.6 is 23.2 Å². The lowest BCUT2D eigenvalue weighted by Gasteiger charge is -2.28. The maximum atomic E-state index is 13.4. The highest BCUT2D eigenvalue weighted by Gasteiger charge is 2.33. The predicted molar refractivity (Wildman–Crippen MR) is 140 cm³/mol. The number of anilines is 1. The third kappa shape index (κ3) is 5.08. The molecule has 182 valence electrons. The van der Waals surface area contributed by atoms with Crippen molar-refractivity contribution in [3.63, 3.8) is 0 Å². The maximum absolute atomic E-state index is 13.4. The number of halogens is 2. The molecule has 0 spiro atoms. The van der Waals surface area contributed by atoms with E-state index < -0.39 is 6.04 Å². The van der Waals surface area contributed by atoms with Gasteiger partial charge in [0, 0.05) is 12.2 Å². The molecule has 0 radical (unpaired) electrons. The average molecular weight is 520 g/mol. The molecular formula is C27H23Cl2N5O2. The molecule has 3 aromatic carbocycles. The van der Waals surface area contributed by atoms with E-state index in [1.54, 1.807) is 16.8 Å². The lowest BCUT2D eigenvalue weighted by atomic mass is 9.95. The Labute approximate surface area is 218 Å². The van der Waals surface area contributed by atoms with Crippen LogP contribution in [-0.4, -0.2) is 20.7 Å². The number of hydrogen-bond donors (Lipinski definition) is 2. The number of fused-ring (bicyclic) bond motifs is 1. The summed E-state index contributed by atoms with van der Waals surface area (Å²) in [6.45, 7) is 2.65. The van der Waals surface area contributed by atoms with Gasteiger partial charge in [0.15, 0.2) is 0 Å². The summed E-state index contributed by atoms with van der Waals surface area (Å²) in [5.41, 5.74) is 4.12. The summed E-state index contributed by atoms with van der Waals surface area (Å²) in [4.78, 5) is 17.7. The van der Waals surface area contributed by atoms with Crippen LogP contribution in [0.1, 0.15) is 29.7 Å². The van der Waals surface area contributed by atoms with E-state index in [-0.39, 0.29) is 5.91 Å². The van der Waals surface area contributed by atoms with Crippen molar-refractivity contribution in [2.45, 2.75) is 26.1 Å². The highest BCUT2D eigenvalue weighted by Crippen LogP contribution is 2.35. The van der Waals surface area contributed by atoms with E-state index in [4.69, 9.17) is 27.9 Å². The zero-order chi connectivity index (χ0) is 25.1. The number of rotatable bonds is 7. The van der Waals surface area contributed by atoms with Crippen molar-refractivity contribution in [2.75, 3.05) is 5.32 Å². The van der Waals surface area contributed by atoms with Gasteiger partial charge in [0.2, 0.25) is 5.95 Å². The summed E-state index contributed by atoms with van der Waals surface area (Å²) in [6.07, 6.45) is 1.47. The van der Waals surface area contributed by atoms with Gasteiger partial charge in [-0.2, -0.15) is 10.1 Å². The van der Waals surface area contributed by atoms with Crippen LogP contribution < -0.4 is 15.4 Å². The molecule has 1 unspecified atom stereocenters. The number of carbonyl (C=O) groups is 1. The Morgan fingerprint density at radius 2 is 1.81 bits per heavy atom. The highest BCUT2D eigenvalue weighted by atomic mass is 35.5. The molecular weight excluding hydrogens is 497 g/mol. The Bertz CT molecular complexity index is 1420. The molecule has 0 saturated heterocycles. The van der Waals surface area contributed by atoms with Gasteiger partial charge < -0.3 is 15.4 Å². The lowest BCUT2D eigenvalue weighted by Crippen LogP contribution is -2.34. The molecule has 36 heavy (non-hydrogen) atoms. The van der Waals surface area contributed by atoms with Gasteiger partial charge in [-0.1, -0.05) is 71.7 Å². The Morgan fingerprint density at radius 1 is 1.03 bits per heavy atom. The van der Waals surface area contributed by atoms with E-state index in [1.165, 1.54) is 6.33 Å². The minimum absolute atomic E-state index is 0.171. The van der Waals surface area contributed by atoms with E-state index in [2.05, 4.69) is 20.7 Å². The van der Waals surface area contributed by atoms with Gasteiger partial charge in [0.1, 0.15) is 24.7 Å². The molecule has 7 nitrogen and oxygen atoms in total. The van der Waals surface area contributed by atoms with Gasteiger partial charge in [-0.15, -0.1) is 0 Å². The fourth-order valence-corrected chi connectivity index (χ4v) is 4.43. The minimum Gasteiger partial charge on any atom is -0.489 e. The maximum Gasteiger partial charge on any atom is 0.251 e. The van der Waals surface area contributed by atoms with Crippen molar-refractivity contribution in [3.8, 4) is 5.75 Å². The Kier molecular flexibility index (Phi) is 6.93. The average Bonchev–Trinajstić information content (AvgIpc) is 3.36. The second kappa shape index (κ2) is 10.4. The predicted octanol–water partition coefficient (Wildman–Crippen LogP) is 5.77. The summed E-state index contributed by atoms with van der Waals surface area (Å²) in [7, 11) is 0. The minimum atomic E-state index is -0.441. The summed E-state index contributed by atoms with van der Waals surface area (Å²) < 4.78 is 7.64.